The van der Waals surface area contributed by atoms with Crippen molar-refractivity contribution in [3.05, 3.63) is 29.3 Å². The molecule has 0 radical (unpaired) electrons. The molecule has 0 unspecified atom stereocenters. The normalized spacial score (nSPS) is 17.4. The van der Waals surface area contributed by atoms with Crippen LogP contribution < -0.4 is 10.0 Å². The summed E-state index contributed by atoms with van der Waals surface area (Å²) in [5.41, 5.74) is 0. The zero-order valence-electron chi connectivity index (χ0n) is 13.8. The van der Waals surface area contributed by atoms with Crippen molar-refractivity contribution in [2.75, 3.05) is 26.2 Å². The van der Waals surface area contributed by atoms with Crippen molar-refractivity contribution in [3.8, 4) is 0 Å². The number of piperidine rings is 1. The first kappa shape index (κ1) is 19.2. The number of hydrogen-bond acceptors (Lipinski definition) is 4. The minimum atomic E-state index is -3.75. The van der Waals surface area contributed by atoms with Crippen LogP contribution in [0.2, 0.25) is 5.02 Å². The third-order valence-electron chi connectivity index (χ3n) is 4.03. The number of rotatable bonds is 7. The van der Waals surface area contributed by atoms with E-state index >= 15 is 0 Å². The van der Waals surface area contributed by atoms with E-state index in [1.54, 1.807) is 0 Å². The van der Waals surface area contributed by atoms with Gasteiger partial charge in [-0.05, 0) is 57.1 Å². The number of likely N-dealkylation sites (tertiary alicyclic amines) is 1. The van der Waals surface area contributed by atoms with Gasteiger partial charge in [-0.1, -0.05) is 18.0 Å². The summed E-state index contributed by atoms with van der Waals surface area (Å²) in [4.78, 5) is 14.5. The Labute approximate surface area is 148 Å². The first-order chi connectivity index (χ1) is 11.4. The SMILES string of the molecule is C[C@H](NS(=O)(=O)c1ccc(Cl)cc1)C(=O)NCCN1CCCCC1. The second-order valence-corrected chi connectivity index (χ2v) is 8.14. The molecule has 6 nitrogen and oxygen atoms in total. The highest BCUT2D eigenvalue weighted by Crippen LogP contribution is 2.14. The zero-order valence-corrected chi connectivity index (χ0v) is 15.4. The number of nitrogens with one attached hydrogen (secondary N) is 2. The number of amides is 1. The molecule has 2 rings (SSSR count). The van der Waals surface area contributed by atoms with E-state index in [4.69, 9.17) is 11.6 Å². The molecular formula is C16H24ClN3O3S. The van der Waals surface area contributed by atoms with Crippen molar-refractivity contribution in [1.29, 1.82) is 0 Å². The number of carbonyl (C=O) groups excluding carboxylic acids is 1. The van der Waals surface area contributed by atoms with E-state index in [0.29, 0.717) is 11.6 Å². The van der Waals surface area contributed by atoms with Crippen LogP contribution in [0.15, 0.2) is 29.2 Å². The molecule has 1 amide bonds. The highest BCUT2D eigenvalue weighted by Gasteiger charge is 2.22. The fourth-order valence-electron chi connectivity index (χ4n) is 2.64. The Morgan fingerprint density at radius 2 is 1.83 bits per heavy atom. The van der Waals surface area contributed by atoms with Gasteiger partial charge in [0, 0.05) is 18.1 Å². The number of benzene rings is 1. The molecule has 1 aromatic carbocycles. The van der Waals surface area contributed by atoms with Crippen LogP contribution in [0.3, 0.4) is 0 Å². The van der Waals surface area contributed by atoms with Gasteiger partial charge in [0.25, 0.3) is 0 Å². The van der Waals surface area contributed by atoms with Gasteiger partial charge in [-0.2, -0.15) is 4.72 Å². The molecule has 1 heterocycles. The van der Waals surface area contributed by atoms with E-state index in [9.17, 15) is 13.2 Å². The lowest BCUT2D eigenvalue weighted by molar-refractivity contribution is -0.122. The van der Waals surface area contributed by atoms with Crippen molar-refractivity contribution < 1.29 is 13.2 Å². The van der Waals surface area contributed by atoms with E-state index in [1.165, 1.54) is 50.5 Å². The van der Waals surface area contributed by atoms with Crippen molar-refractivity contribution in [3.63, 3.8) is 0 Å². The van der Waals surface area contributed by atoms with Gasteiger partial charge in [0.1, 0.15) is 0 Å². The lowest BCUT2D eigenvalue weighted by Gasteiger charge is -2.26. The van der Waals surface area contributed by atoms with Crippen molar-refractivity contribution in [1.82, 2.24) is 14.9 Å². The molecule has 8 heteroatoms. The zero-order chi connectivity index (χ0) is 17.6. The van der Waals surface area contributed by atoms with E-state index in [-0.39, 0.29) is 10.8 Å². The molecule has 0 saturated carbocycles. The molecule has 0 aliphatic carbocycles. The van der Waals surface area contributed by atoms with Crippen LogP contribution in [0, 0.1) is 0 Å². The molecule has 0 spiro atoms. The highest BCUT2D eigenvalue weighted by atomic mass is 35.5. The van der Waals surface area contributed by atoms with Crippen LogP contribution in [0.5, 0.6) is 0 Å². The minimum Gasteiger partial charge on any atom is -0.353 e. The summed E-state index contributed by atoms with van der Waals surface area (Å²) in [5, 5.41) is 3.24. The summed E-state index contributed by atoms with van der Waals surface area (Å²) in [5.74, 6) is -0.329. The lowest BCUT2D eigenvalue weighted by Crippen LogP contribution is -2.46. The summed E-state index contributed by atoms with van der Waals surface area (Å²) in [6.45, 7) is 4.97. The van der Waals surface area contributed by atoms with Crippen molar-refractivity contribution in [2.45, 2.75) is 37.1 Å². The average Bonchev–Trinajstić information content (AvgIpc) is 2.55. The Balaban J connectivity index is 1.80. The summed E-state index contributed by atoms with van der Waals surface area (Å²) in [7, 11) is -3.75. The van der Waals surface area contributed by atoms with Crippen LogP contribution in [-0.2, 0) is 14.8 Å². The highest BCUT2D eigenvalue weighted by molar-refractivity contribution is 7.89. The maximum atomic E-state index is 12.2. The number of hydrogen-bond donors (Lipinski definition) is 2. The van der Waals surface area contributed by atoms with E-state index in [2.05, 4.69) is 14.9 Å². The van der Waals surface area contributed by atoms with Gasteiger partial charge in [0.2, 0.25) is 15.9 Å². The van der Waals surface area contributed by atoms with Gasteiger partial charge in [-0.25, -0.2) is 8.42 Å². The molecule has 24 heavy (non-hydrogen) atoms. The number of nitrogens with zero attached hydrogens (tertiary/aromatic N) is 1. The Bertz CT molecular complexity index is 643. The number of halogens is 1. The third kappa shape index (κ3) is 5.73. The Morgan fingerprint density at radius 1 is 1.21 bits per heavy atom. The van der Waals surface area contributed by atoms with Crippen LogP contribution in [0.4, 0.5) is 0 Å². The lowest BCUT2D eigenvalue weighted by atomic mass is 10.1. The van der Waals surface area contributed by atoms with Gasteiger partial charge in [0.15, 0.2) is 0 Å². The number of carbonyl (C=O) groups is 1. The van der Waals surface area contributed by atoms with Gasteiger partial charge >= 0.3 is 0 Å². The number of sulfonamides is 1. The monoisotopic (exact) mass is 373 g/mol. The van der Waals surface area contributed by atoms with Gasteiger partial charge in [0.05, 0.1) is 10.9 Å². The molecular weight excluding hydrogens is 350 g/mol. The third-order valence-corrected chi connectivity index (χ3v) is 5.83. The molecule has 1 atom stereocenters. The second kappa shape index (κ2) is 8.80. The predicted octanol–water partition coefficient (Wildman–Crippen LogP) is 1.61. The molecule has 0 aromatic heterocycles. The van der Waals surface area contributed by atoms with Gasteiger partial charge in [-0.3, -0.25) is 4.79 Å². The Morgan fingerprint density at radius 3 is 2.46 bits per heavy atom. The van der Waals surface area contributed by atoms with Crippen LogP contribution >= 0.6 is 11.6 Å². The van der Waals surface area contributed by atoms with Crippen LogP contribution in [-0.4, -0.2) is 51.4 Å². The first-order valence-electron chi connectivity index (χ1n) is 8.16. The summed E-state index contributed by atoms with van der Waals surface area (Å²) in [6, 6.07) is 4.98. The fraction of sp³-hybridized carbons (Fsp3) is 0.562. The summed E-state index contributed by atoms with van der Waals surface area (Å²) >= 11 is 5.76. The minimum absolute atomic E-state index is 0.0832. The van der Waals surface area contributed by atoms with Gasteiger partial charge < -0.3 is 10.2 Å². The molecule has 1 aromatic rings. The summed E-state index contributed by atoms with van der Waals surface area (Å²) < 4.78 is 26.9. The Kier molecular flexibility index (Phi) is 7.03. The second-order valence-electron chi connectivity index (χ2n) is 5.99. The fourth-order valence-corrected chi connectivity index (χ4v) is 3.97. The standard InChI is InChI=1S/C16H24ClN3O3S/c1-13(16(21)18-9-12-20-10-3-2-4-11-20)19-24(22,23)15-7-5-14(17)6-8-15/h5-8,13,19H,2-4,9-12H2,1H3,(H,18,21)/t13-/m0/s1. The first-order valence-corrected chi connectivity index (χ1v) is 10.0. The summed E-state index contributed by atoms with van der Waals surface area (Å²) in [6.07, 6.45) is 3.67. The van der Waals surface area contributed by atoms with Gasteiger partial charge in [-0.15, -0.1) is 0 Å². The smallest absolute Gasteiger partial charge is 0.241 e. The van der Waals surface area contributed by atoms with E-state index < -0.39 is 16.1 Å². The predicted molar refractivity (Wildman–Crippen MR) is 94.5 cm³/mol. The largest absolute Gasteiger partial charge is 0.353 e. The van der Waals surface area contributed by atoms with Crippen LogP contribution in [0.25, 0.3) is 0 Å². The maximum absolute atomic E-state index is 12.2. The molecule has 1 saturated heterocycles. The van der Waals surface area contributed by atoms with E-state index in [0.717, 1.165) is 19.6 Å². The molecule has 1 fully saturated rings. The Hall–Kier alpha value is -1.15. The molecule has 1 aliphatic heterocycles. The average molecular weight is 374 g/mol. The molecule has 1 aliphatic rings. The molecule has 134 valence electrons. The maximum Gasteiger partial charge on any atom is 0.241 e. The quantitative estimate of drug-likeness (QED) is 0.761. The van der Waals surface area contributed by atoms with Crippen molar-refractivity contribution in [2.24, 2.45) is 0 Å². The van der Waals surface area contributed by atoms with Crippen LogP contribution in [0.1, 0.15) is 26.2 Å². The van der Waals surface area contributed by atoms with Crippen molar-refractivity contribution >= 4 is 27.5 Å². The van der Waals surface area contributed by atoms with E-state index in [1.807, 2.05) is 0 Å². The topological polar surface area (TPSA) is 78.5 Å². The molecule has 0 bridgehead atoms. The molecule has 2 N–H and O–H groups in total.